The maximum absolute atomic E-state index is 13.9. The minimum Gasteiger partial charge on any atom is -0.484 e. The molecule has 0 spiro atoms. The van der Waals surface area contributed by atoms with E-state index in [-0.39, 0.29) is 24.0 Å². The molecule has 1 fully saturated rings. The maximum atomic E-state index is 13.9. The number of ether oxygens (including phenoxy) is 1. The van der Waals surface area contributed by atoms with E-state index in [4.69, 9.17) is 16.3 Å². The van der Waals surface area contributed by atoms with Crippen molar-refractivity contribution in [3.63, 3.8) is 0 Å². The lowest BCUT2D eigenvalue weighted by molar-refractivity contribution is -0.133. The predicted molar refractivity (Wildman–Crippen MR) is 105 cm³/mol. The second kappa shape index (κ2) is 9.06. The molecule has 1 saturated heterocycles. The summed E-state index contributed by atoms with van der Waals surface area (Å²) in [4.78, 5) is 28.3. The van der Waals surface area contributed by atoms with Crippen molar-refractivity contribution < 1.29 is 18.7 Å². The van der Waals surface area contributed by atoms with Crippen LogP contribution in [0, 0.1) is 12.7 Å². The van der Waals surface area contributed by atoms with Crippen molar-refractivity contribution in [1.29, 1.82) is 0 Å². The Morgan fingerprint density at radius 1 is 1.07 bits per heavy atom. The number of aryl methyl sites for hydroxylation is 1. The summed E-state index contributed by atoms with van der Waals surface area (Å²) in [5, 5.41) is 0.644. The van der Waals surface area contributed by atoms with Gasteiger partial charge in [-0.3, -0.25) is 9.59 Å². The Balaban J connectivity index is 1.55. The molecule has 1 aliphatic heterocycles. The zero-order valence-electron chi connectivity index (χ0n) is 15.7. The average Bonchev–Trinajstić information content (AvgIpc) is 2.95. The molecule has 0 saturated carbocycles. The Labute approximate surface area is 168 Å². The van der Waals surface area contributed by atoms with Crippen molar-refractivity contribution >= 4 is 23.4 Å². The average molecular weight is 405 g/mol. The van der Waals surface area contributed by atoms with Gasteiger partial charge in [0.2, 0.25) is 0 Å². The molecule has 0 radical (unpaired) electrons. The quantitative estimate of drug-likeness (QED) is 0.783. The summed E-state index contributed by atoms with van der Waals surface area (Å²) < 4.78 is 19.5. The van der Waals surface area contributed by atoms with E-state index in [2.05, 4.69) is 0 Å². The molecule has 2 aromatic rings. The molecule has 1 heterocycles. The first-order valence-electron chi connectivity index (χ1n) is 9.16. The van der Waals surface area contributed by atoms with Crippen LogP contribution in [0.2, 0.25) is 5.02 Å². The van der Waals surface area contributed by atoms with Crippen LogP contribution in [-0.2, 0) is 4.79 Å². The fraction of sp³-hybridized carbons (Fsp3) is 0.333. The van der Waals surface area contributed by atoms with Crippen molar-refractivity contribution in [2.45, 2.75) is 13.3 Å². The molecule has 28 heavy (non-hydrogen) atoms. The monoisotopic (exact) mass is 404 g/mol. The van der Waals surface area contributed by atoms with Gasteiger partial charge in [-0.2, -0.15) is 0 Å². The summed E-state index contributed by atoms with van der Waals surface area (Å²) in [6.07, 6.45) is 0.631. The summed E-state index contributed by atoms with van der Waals surface area (Å²) in [5.41, 5.74) is 0.937. The van der Waals surface area contributed by atoms with E-state index in [0.717, 1.165) is 5.56 Å². The SMILES string of the molecule is Cc1cc(OCC(=O)N2CCCN(C(=O)c3ccccc3F)CC2)ccc1Cl. The fourth-order valence-corrected chi connectivity index (χ4v) is 3.24. The van der Waals surface area contributed by atoms with Gasteiger partial charge in [-0.05, 0) is 49.2 Å². The number of halogens is 2. The highest BCUT2D eigenvalue weighted by Gasteiger charge is 2.24. The topological polar surface area (TPSA) is 49.9 Å². The molecule has 5 nitrogen and oxygen atoms in total. The number of rotatable bonds is 4. The molecular formula is C21H22ClFN2O3. The largest absolute Gasteiger partial charge is 0.484 e. The van der Waals surface area contributed by atoms with Crippen molar-refractivity contribution in [2.24, 2.45) is 0 Å². The number of carbonyl (C=O) groups is 2. The van der Waals surface area contributed by atoms with Gasteiger partial charge in [0.1, 0.15) is 11.6 Å². The van der Waals surface area contributed by atoms with Gasteiger partial charge in [0.25, 0.3) is 11.8 Å². The Bertz CT molecular complexity index is 874. The van der Waals surface area contributed by atoms with Crippen molar-refractivity contribution in [1.82, 2.24) is 9.80 Å². The second-order valence-electron chi connectivity index (χ2n) is 6.71. The van der Waals surface area contributed by atoms with Crippen LogP contribution in [0.4, 0.5) is 4.39 Å². The lowest BCUT2D eigenvalue weighted by Crippen LogP contribution is -2.39. The molecule has 2 amide bonds. The van der Waals surface area contributed by atoms with Crippen molar-refractivity contribution in [3.05, 3.63) is 64.4 Å². The maximum Gasteiger partial charge on any atom is 0.260 e. The summed E-state index contributed by atoms with van der Waals surface area (Å²) in [7, 11) is 0. The Kier molecular flexibility index (Phi) is 6.52. The second-order valence-corrected chi connectivity index (χ2v) is 7.11. The minimum atomic E-state index is -0.531. The molecule has 3 rings (SSSR count). The molecule has 0 aliphatic carbocycles. The Hall–Kier alpha value is -2.60. The van der Waals surface area contributed by atoms with Crippen LogP contribution >= 0.6 is 11.6 Å². The number of hydrogen-bond acceptors (Lipinski definition) is 3. The van der Waals surface area contributed by atoms with E-state index in [9.17, 15) is 14.0 Å². The predicted octanol–water partition coefficient (Wildman–Crippen LogP) is 3.54. The molecule has 7 heteroatoms. The van der Waals surface area contributed by atoms with Gasteiger partial charge in [-0.15, -0.1) is 0 Å². The first-order valence-corrected chi connectivity index (χ1v) is 9.54. The zero-order chi connectivity index (χ0) is 20.1. The van der Waals surface area contributed by atoms with Gasteiger partial charge in [0.15, 0.2) is 6.61 Å². The molecule has 0 aromatic heterocycles. The third kappa shape index (κ3) is 4.81. The van der Waals surface area contributed by atoms with E-state index in [1.807, 2.05) is 6.92 Å². The van der Waals surface area contributed by atoms with Crippen molar-refractivity contribution in [2.75, 3.05) is 32.8 Å². The van der Waals surface area contributed by atoms with Crippen LogP contribution in [0.25, 0.3) is 0 Å². The minimum absolute atomic E-state index is 0.0590. The van der Waals surface area contributed by atoms with Crippen LogP contribution in [0.3, 0.4) is 0 Å². The van der Waals surface area contributed by atoms with Crippen molar-refractivity contribution in [3.8, 4) is 5.75 Å². The molecule has 0 unspecified atom stereocenters. The van der Waals surface area contributed by atoms with E-state index in [1.54, 1.807) is 40.1 Å². The van der Waals surface area contributed by atoms with Crippen LogP contribution < -0.4 is 4.74 Å². The molecule has 0 bridgehead atoms. The van der Waals surface area contributed by atoms with Gasteiger partial charge in [-0.1, -0.05) is 23.7 Å². The van der Waals surface area contributed by atoms with Gasteiger partial charge >= 0.3 is 0 Å². The Morgan fingerprint density at radius 3 is 2.54 bits per heavy atom. The van der Waals surface area contributed by atoms with Gasteiger partial charge in [0, 0.05) is 31.2 Å². The first kappa shape index (κ1) is 20.1. The number of nitrogens with zero attached hydrogens (tertiary/aromatic N) is 2. The fourth-order valence-electron chi connectivity index (χ4n) is 3.12. The normalized spacial score (nSPS) is 14.5. The number of benzene rings is 2. The highest BCUT2D eigenvalue weighted by molar-refractivity contribution is 6.31. The van der Waals surface area contributed by atoms with Gasteiger partial charge in [0.05, 0.1) is 5.56 Å². The molecule has 0 atom stereocenters. The standard InChI is InChI=1S/C21H22ClFN2O3/c1-15-13-16(7-8-18(15)22)28-14-20(26)24-9-4-10-25(12-11-24)21(27)17-5-2-3-6-19(17)23/h2-3,5-8,13H,4,9-12,14H2,1H3. The lowest BCUT2D eigenvalue weighted by Gasteiger charge is -2.22. The highest BCUT2D eigenvalue weighted by atomic mass is 35.5. The number of carbonyl (C=O) groups excluding carboxylic acids is 2. The lowest BCUT2D eigenvalue weighted by atomic mass is 10.2. The van der Waals surface area contributed by atoms with Crippen LogP contribution in [-0.4, -0.2) is 54.4 Å². The molecule has 1 aliphatic rings. The first-order chi connectivity index (χ1) is 13.5. The summed E-state index contributed by atoms with van der Waals surface area (Å²) >= 11 is 5.99. The summed E-state index contributed by atoms with van der Waals surface area (Å²) in [6.45, 7) is 3.55. The van der Waals surface area contributed by atoms with Crippen LogP contribution in [0.5, 0.6) is 5.75 Å². The van der Waals surface area contributed by atoms with E-state index in [0.29, 0.717) is 43.4 Å². The van der Waals surface area contributed by atoms with Crippen LogP contribution in [0.1, 0.15) is 22.3 Å². The molecule has 148 valence electrons. The van der Waals surface area contributed by atoms with Crippen LogP contribution in [0.15, 0.2) is 42.5 Å². The van der Waals surface area contributed by atoms with E-state index >= 15 is 0 Å². The van der Waals surface area contributed by atoms with Gasteiger partial charge in [-0.25, -0.2) is 4.39 Å². The molecule has 2 aromatic carbocycles. The molecular weight excluding hydrogens is 383 g/mol. The number of hydrogen-bond donors (Lipinski definition) is 0. The number of amides is 2. The molecule has 0 N–H and O–H groups in total. The third-order valence-corrected chi connectivity index (χ3v) is 5.16. The Morgan fingerprint density at radius 2 is 1.79 bits per heavy atom. The third-order valence-electron chi connectivity index (χ3n) is 4.73. The zero-order valence-corrected chi connectivity index (χ0v) is 16.4. The highest BCUT2D eigenvalue weighted by Crippen LogP contribution is 2.21. The summed E-state index contributed by atoms with van der Waals surface area (Å²) in [5.74, 6) is -0.439. The summed E-state index contributed by atoms with van der Waals surface area (Å²) in [6, 6.07) is 11.2. The van der Waals surface area contributed by atoms with Gasteiger partial charge < -0.3 is 14.5 Å². The van der Waals surface area contributed by atoms with E-state index in [1.165, 1.54) is 12.1 Å². The smallest absolute Gasteiger partial charge is 0.260 e. The van der Waals surface area contributed by atoms with E-state index < -0.39 is 5.82 Å².